The number of unbranched alkanes of at least 4 members (excludes halogenated alkanes) is 1. The maximum Gasteiger partial charge on any atom is 0.141 e. The Balaban J connectivity index is 2.00. The molecule has 4 aromatic rings. The highest BCUT2D eigenvalue weighted by atomic mass is 15.1. The molecule has 0 aliphatic heterocycles. The Morgan fingerprint density at radius 3 is 2.72 bits per heavy atom. The van der Waals surface area contributed by atoms with Gasteiger partial charge in [-0.15, -0.1) is 0 Å². The van der Waals surface area contributed by atoms with Gasteiger partial charge in [-0.2, -0.15) is 5.26 Å². The van der Waals surface area contributed by atoms with Crippen LogP contribution in [0, 0.1) is 11.3 Å². The lowest BCUT2D eigenvalue weighted by Gasteiger charge is -2.11. The van der Waals surface area contributed by atoms with E-state index >= 15 is 0 Å². The van der Waals surface area contributed by atoms with Crippen molar-refractivity contribution >= 4 is 21.8 Å². The van der Waals surface area contributed by atoms with Crippen molar-refractivity contribution in [3.05, 3.63) is 66.2 Å². The van der Waals surface area contributed by atoms with Crippen molar-refractivity contribution in [2.75, 3.05) is 0 Å². The minimum atomic E-state index is 0.650. The zero-order valence-electron chi connectivity index (χ0n) is 14.2. The molecule has 0 aliphatic rings. The number of nitriles is 1. The van der Waals surface area contributed by atoms with Gasteiger partial charge in [0, 0.05) is 12.1 Å². The molecular weight excluding hydrogens is 306 g/mol. The predicted molar refractivity (Wildman–Crippen MR) is 102 cm³/mol. The van der Waals surface area contributed by atoms with E-state index in [0.717, 1.165) is 41.8 Å². The lowest BCUT2D eigenvalue weighted by molar-refractivity contribution is 0.651. The molecule has 3 nitrogen and oxygen atoms in total. The molecule has 4 rings (SSSR count). The third kappa shape index (κ3) is 2.66. The van der Waals surface area contributed by atoms with E-state index in [9.17, 15) is 5.26 Å². The molecule has 0 amide bonds. The first kappa shape index (κ1) is 15.4. The lowest BCUT2D eigenvalue weighted by Crippen LogP contribution is -2.01. The minimum Gasteiger partial charge on any atom is -0.324 e. The summed E-state index contributed by atoms with van der Waals surface area (Å²) >= 11 is 0. The highest BCUT2D eigenvalue weighted by molar-refractivity contribution is 5.97. The monoisotopic (exact) mass is 325 g/mol. The summed E-state index contributed by atoms with van der Waals surface area (Å²) in [4.78, 5) is 4.91. The average molecular weight is 325 g/mol. The molecule has 0 spiro atoms. The number of hydrogen-bond donors (Lipinski definition) is 0. The van der Waals surface area contributed by atoms with Crippen LogP contribution in [0.4, 0.5) is 0 Å². The first-order valence-electron chi connectivity index (χ1n) is 8.70. The summed E-state index contributed by atoms with van der Waals surface area (Å²) in [7, 11) is 0. The van der Waals surface area contributed by atoms with Crippen LogP contribution in [0.15, 0.2) is 60.7 Å². The van der Waals surface area contributed by atoms with Crippen molar-refractivity contribution in [2.24, 2.45) is 0 Å². The molecule has 0 atom stereocenters. The zero-order chi connectivity index (χ0) is 17.2. The van der Waals surface area contributed by atoms with Crippen molar-refractivity contribution in [1.29, 1.82) is 5.26 Å². The van der Waals surface area contributed by atoms with Crippen LogP contribution in [-0.4, -0.2) is 9.55 Å². The Labute approximate surface area is 147 Å². The van der Waals surface area contributed by atoms with E-state index < -0.39 is 0 Å². The van der Waals surface area contributed by atoms with Gasteiger partial charge < -0.3 is 4.57 Å². The predicted octanol–water partition coefficient (Wildman–Crippen LogP) is 5.53. The molecule has 25 heavy (non-hydrogen) atoms. The molecule has 0 fully saturated rings. The number of aromatic nitrogens is 2. The van der Waals surface area contributed by atoms with Gasteiger partial charge in [0.2, 0.25) is 0 Å². The quantitative estimate of drug-likeness (QED) is 0.495. The maximum atomic E-state index is 9.19. The van der Waals surface area contributed by atoms with Gasteiger partial charge in [0.25, 0.3) is 0 Å². The molecule has 0 saturated carbocycles. The van der Waals surface area contributed by atoms with Crippen LogP contribution in [0.1, 0.15) is 25.3 Å². The van der Waals surface area contributed by atoms with Crippen LogP contribution >= 0.6 is 0 Å². The molecule has 0 N–H and O–H groups in total. The van der Waals surface area contributed by atoms with Crippen LogP contribution in [0.2, 0.25) is 0 Å². The Bertz CT molecular complexity index is 1090. The number of aryl methyl sites for hydroxylation is 1. The Morgan fingerprint density at radius 1 is 1.04 bits per heavy atom. The molecule has 0 bridgehead atoms. The summed E-state index contributed by atoms with van der Waals surface area (Å²) < 4.78 is 2.29. The fraction of sp³-hybridized carbons (Fsp3) is 0.182. The summed E-state index contributed by atoms with van der Waals surface area (Å²) in [6.45, 7) is 3.13. The van der Waals surface area contributed by atoms with E-state index in [1.54, 1.807) is 0 Å². The number of hydrogen-bond acceptors (Lipinski definition) is 2. The number of nitrogens with zero attached hydrogens (tertiary/aromatic N) is 3. The third-order valence-corrected chi connectivity index (χ3v) is 4.64. The molecule has 122 valence electrons. The second-order valence-electron chi connectivity index (χ2n) is 6.28. The normalized spacial score (nSPS) is 11.0. The van der Waals surface area contributed by atoms with E-state index in [2.05, 4.69) is 60.0 Å². The molecular formula is C22H19N3. The minimum absolute atomic E-state index is 0.650. The van der Waals surface area contributed by atoms with Crippen molar-refractivity contribution in [1.82, 2.24) is 9.55 Å². The van der Waals surface area contributed by atoms with E-state index in [1.807, 2.05) is 18.2 Å². The standard InChI is InChI=1S/C22H19N3/c1-2-3-13-25-21-12-11-16(15-23)14-20(21)24-22(25)19-10-6-8-17-7-4-5-9-18(17)19/h4-12,14H,2-3,13H2,1H3. The molecule has 0 saturated heterocycles. The fourth-order valence-corrected chi connectivity index (χ4v) is 3.37. The second kappa shape index (κ2) is 6.41. The molecule has 1 heterocycles. The number of imidazole rings is 1. The topological polar surface area (TPSA) is 41.6 Å². The maximum absolute atomic E-state index is 9.19. The summed E-state index contributed by atoms with van der Waals surface area (Å²) in [6, 6.07) is 22.7. The van der Waals surface area contributed by atoms with Gasteiger partial charge in [0.1, 0.15) is 5.82 Å². The van der Waals surface area contributed by atoms with Crippen LogP contribution in [0.5, 0.6) is 0 Å². The molecule has 0 aliphatic carbocycles. The smallest absolute Gasteiger partial charge is 0.141 e. The van der Waals surface area contributed by atoms with Gasteiger partial charge in [-0.3, -0.25) is 0 Å². The van der Waals surface area contributed by atoms with E-state index in [1.165, 1.54) is 10.8 Å². The molecule has 3 aromatic carbocycles. The lowest BCUT2D eigenvalue weighted by atomic mass is 10.0. The molecule has 0 unspecified atom stereocenters. The van der Waals surface area contributed by atoms with Gasteiger partial charge in [0.15, 0.2) is 0 Å². The Hall–Kier alpha value is -3.12. The van der Waals surface area contributed by atoms with Gasteiger partial charge >= 0.3 is 0 Å². The van der Waals surface area contributed by atoms with Gasteiger partial charge in [-0.1, -0.05) is 55.8 Å². The van der Waals surface area contributed by atoms with E-state index in [0.29, 0.717) is 5.56 Å². The van der Waals surface area contributed by atoms with Crippen LogP contribution in [-0.2, 0) is 6.54 Å². The van der Waals surface area contributed by atoms with Crippen molar-refractivity contribution in [3.63, 3.8) is 0 Å². The van der Waals surface area contributed by atoms with Gasteiger partial charge in [-0.25, -0.2) is 4.98 Å². The number of rotatable bonds is 4. The summed E-state index contributed by atoms with van der Waals surface area (Å²) in [5.74, 6) is 0.982. The highest BCUT2D eigenvalue weighted by Crippen LogP contribution is 2.31. The number of fused-ring (bicyclic) bond motifs is 2. The van der Waals surface area contributed by atoms with Gasteiger partial charge in [-0.05, 0) is 35.4 Å². The van der Waals surface area contributed by atoms with Crippen LogP contribution in [0.3, 0.4) is 0 Å². The van der Waals surface area contributed by atoms with Crippen molar-refractivity contribution in [2.45, 2.75) is 26.3 Å². The summed E-state index contributed by atoms with van der Waals surface area (Å²) in [5.41, 5.74) is 3.77. The Kier molecular flexibility index (Phi) is 3.95. The zero-order valence-corrected chi connectivity index (χ0v) is 14.2. The first-order chi connectivity index (χ1) is 12.3. The van der Waals surface area contributed by atoms with Gasteiger partial charge in [0.05, 0.1) is 22.7 Å². The largest absolute Gasteiger partial charge is 0.324 e. The van der Waals surface area contributed by atoms with E-state index in [4.69, 9.17) is 4.98 Å². The second-order valence-corrected chi connectivity index (χ2v) is 6.28. The van der Waals surface area contributed by atoms with Crippen LogP contribution in [0.25, 0.3) is 33.2 Å². The molecule has 3 heteroatoms. The SMILES string of the molecule is CCCCn1c(-c2cccc3ccccc23)nc2cc(C#N)ccc21. The molecule has 0 radical (unpaired) electrons. The third-order valence-electron chi connectivity index (χ3n) is 4.64. The first-order valence-corrected chi connectivity index (χ1v) is 8.70. The molecule has 1 aromatic heterocycles. The van der Waals surface area contributed by atoms with E-state index in [-0.39, 0.29) is 0 Å². The summed E-state index contributed by atoms with van der Waals surface area (Å²) in [5, 5.41) is 11.6. The van der Waals surface area contributed by atoms with Crippen molar-refractivity contribution in [3.8, 4) is 17.5 Å². The fourth-order valence-electron chi connectivity index (χ4n) is 3.37. The van der Waals surface area contributed by atoms with Crippen molar-refractivity contribution < 1.29 is 0 Å². The van der Waals surface area contributed by atoms with Crippen LogP contribution < -0.4 is 0 Å². The number of benzene rings is 3. The highest BCUT2D eigenvalue weighted by Gasteiger charge is 2.15. The Morgan fingerprint density at radius 2 is 1.88 bits per heavy atom. The average Bonchev–Trinajstić information content (AvgIpc) is 3.03. The summed E-state index contributed by atoms with van der Waals surface area (Å²) in [6.07, 6.45) is 2.23.